The lowest BCUT2D eigenvalue weighted by Gasteiger charge is -2.19. The zero-order valence-corrected chi connectivity index (χ0v) is 10.9. The molecule has 8 heteroatoms. The van der Waals surface area contributed by atoms with Crippen molar-refractivity contribution in [2.75, 3.05) is 6.54 Å². The highest BCUT2D eigenvalue weighted by Crippen LogP contribution is 2.32. The van der Waals surface area contributed by atoms with Crippen molar-refractivity contribution in [3.63, 3.8) is 0 Å². The molecule has 5 nitrogen and oxygen atoms in total. The van der Waals surface area contributed by atoms with E-state index in [0.717, 1.165) is 17.1 Å². The first kappa shape index (κ1) is 15.5. The Hall–Kier alpha value is -1.57. The average molecular weight is 279 g/mol. The van der Waals surface area contributed by atoms with E-state index < -0.39 is 30.3 Å². The van der Waals surface area contributed by atoms with E-state index in [2.05, 4.69) is 4.98 Å². The molecule has 1 aromatic rings. The monoisotopic (exact) mass is 279 g/mol. The van der Waals surface area contributed by atoms with Crippen molar-refractivity contribution in [2.45, 2.75) is 38.5 Å². The number of nitrogens with zero attached hydrogens (tertiary/aromatic N) is 2. The van der Waals surface area contributed by atoms with E-state index in [9.17, 15) is 18.0 Å². The van der Waals surface area contributed by atoms with Crippen molar-refractivity contribution in [1.29, 1.82) is 0 Å². The van der Waals surface area contributed by atoms with Crippen LogP contribution in [-0.4, -0.2) is 34.0 Å². The van der Waals surface area contributed by atoms with Crippen LogP contribution in [0, 0.1) is 0 Å². The third-order valence-corrected chi connectivity index (χ3v) is 2.19. The summed E-state index contributed by atoms with van der Waals surface area (Å²) < 4.78 is 43.8. The van der Waals surface area contributed by atoms with Crippen LogP contribution >= 0.6 is 0 Å². The number of carbonyl (C=O) groups is 1. The van der Waals surface area contributed by atoms with Crippen LogP contribution in [0.15, 0.2) is 12.5 Å². The molecule has 0 fully saturated rings. The van der Waals surface area contributed by atoms with Gasteiger partial charge in [-0.2, -0.15) is 13.2 Å². The summed E-state index contributed by atoms with van der Waals surface area (Å²) >= 11 is 0. The van der Waals surface area contributed by atoms with Crippen molar-refractivity contribution in [3.05, 3.63) is 18.2 Å². The Morgan fingerprint density at radius 1 is 1.47 bits per heavy atom. The van der Waals surface area contributed by atoms with Gasteiger partial charge in [-0.3, -0.25) is 0 Å². The van der Waals surface area contributed by atoms with Gasteiger partial charge in [0.15, 0.2) is 0 Å². The molecule has 0 saturated heterocycles. The van der Waals surface area contributed by atoms with Gasteiger partial charge in [0, 0.05) is 12.7 Å². The molecular formula is C11H16F3N3O2. The van der Waals surface area contributed by atoms with Gasteiger partial charge in [0.1, 0.15) is 17.8 Å². The van der Waals surface area contributed by atoms with Gasteiger partial charge in [-0.05, 0) is 20.8 Å². The smallest absolute Gasteiger partial charge is 0.419 e. The van der Waals surface area contributed by atoms with Crippen molar-refractivity contribution in [2.24, 2.45) is 5.73 Å². The number of hydrogen-bond acceptors (Lipinski definition) is 4. The van der Waals surface area contributed by atoms with Gasteiger partial charge in [0.05, 0.1) is 5.69 Å². The molecule has 19 heavy (non-hydrogen) atoms. The number of hydrogen-bond donors (Lipinski definition) is 1. The van der Waals surface area contributed by atoms with E-state index in [-0.39, 0.29) is 5.69 Å². The van der Waals surface area contributed by atoms with E-state index >= 15 is 0 Å². The minimum absolute atomic E-state index is 0.305. The van der Waals surface area contributed by atoms with E-state index in [0.29, 0.717) is 0 Å². The number of rotatable bonds is 2. The second-order valence-electron chi connectivity index (χ2n) is 5.02. The summed E-state index contributed by atoms with van der Waals surface area (Å²) in [6, 6.07) is 0. The van der Waals surface area contributed by atoms with Gasteiger partial charge >= 0.3 is 12.3 Å². The van der Waals surface area contributed by atoms with Crippen LogP contribution < -0.4 is 5.73 Å². The average Bonchev–Trinajstić information content (AvgIpc) is 2.62. The number of halogens is 3. The zero-order chi connectivity index (χ0) is 14.8. The van der Waals surface area contributed by atoms with Gasteiger partial charge in [-0.15, -0.1) is 0 Å². The summed E-state index contributed by atoms with van der Waals surface area (Å²) in [6.07, 6.45) is -3.32. The second kappa shape index (κ2) is 5.20. The van der Waals surface area contributed by atoms with Crippen LogP contribution in [0.2, 0.25) is 0 Å². The van der Waals surface area contributed by atoms with Crippen LogP contribution in [0.3, 0.4) is 0 Å². The largest absolute Gasteiger partial charge is 0.443 e. The maximum absolute atomic E-state index is 12.6. The molecule has 0 spiro atoms. The molecule has 0 aliphatic carbocycles. The molecule has 1 unspecified atom stereocenters. The summed E-state index contributed by atoms with van der Waals surface area (Å²) in [5.41, 5.74) is 4.05. The number of imidazole rings is 1. The normalized spacial score (nSPS) is 14.3. The van der Waals surface area contributed by atoms with Gasteiger partial charge < -0.3 is 10.5 Å². The van der Waals surface area contributed by atoms with Crippen LogP contribution in [0.5, 0.6) is 0 Å². The highest BCUT2D eigenvalue weighted by Gasteiger charge is 2.41. The Morgan fingerprint density at radius 3 is 2.47 bits per heavy atom. The third-order valence-electron chi connectivity index (χ3n) is 2.19. The lowest BCUT2D eigenvalue weighted by molar-refractivity contribution is -0.148. The SMILES string of the molecule is CC(C)(C)OC(=O)n1cnc(C(CN)C(F)(F)F)c1. The fourth-order valence-electron chi connectivity index (χ4n) is 1.35. The fraction of sp³-hybridized carbons (Fsp3) is 0.636. The highest BCUT2D eigenvalue weighted by molar-refractivity contribution is 5.70. The second-order valence-corrected chi connectivity index (χ2v) is 5.02. The summed E-state index contributed by atoms with van der Waals surface area (Å²) in [5, 5.41) is 0. The number of alkyl halides is 3. The topological polar surface area (TPSA) is 70.1 Å². The first-order valence-electron chi connectivity index (χ1n) is 5.58. The molecule has 0 saturated carbocycles. The summed E-state index contributed by atoms with van der Waals surface area (Å²) in [7, 11) is 0. The molecule has 0 radical (unpaired) electrons. The van der Waals surface area contributed by atoms with E-state index in [1.54, 1.807) is 20.8 Å². The quantitative estimate of drug-likeness (QED) is 0.901. The number of carbonyl (C=O) groups excluding carboxylic acids is 1. The molecule has 1 rings (SSSR count). The molecule has 108 valence electrons. The fourth-order valence-corrected chi connectivity index (χ4v) is 1.35. The first-order chi connectivity index (χ1) is 8.54. The minimum Gasteiger partial charge on any atom is -0.443 e. The summed E-state index contributed by atoms with van der Waals surface area (Å²) in [4.78, 5) is 15.2. The Kier molecular flexibility index (Phi) is 4.24. The van der Waals surface area contributed by atoms with Crippen LogP contribution in [0.25, 0.3) is 0 Å². The standard InChI is InChI=1S/C11H16F3N3O2/c1-10(2,3)19-9(18)17-5-8(16-6-17)7(4-15)11(12,13)14/h5-7H,4,15H2,1-3H3. The van der Waals surface area contributed by atoms with Crippen molar-refractivity contribution in [1.82, 2.24) is 9.55 Å². The Balaban J connectivity index is 2.91. The third kappa shape index (κ3) is 4.23. The van der Waals surface area contributed by atoms with Gasteiger partial charge in [0.25, 0.3) is 0 Å². The molecule has 1 heterocycles. The highest BCUT2D eigenvalue weighted by atomic mass is 19.4. The maximum Gasteiger partial charge on any atom is 0.419 e. The molecule has 0 aliphatic rings. The van der Waals surface area contributed by atoms with Crippen LogP contribution in [0.1, 0.15) is 32.4 Å². The number of aromatic nitrogens is 2. The van der Waals surface area contributed by atoms with Gasteiger partial charge in [0.2, 0.25) is 0 Å². The zero-order valence-electron chi connectivity index (χ0n) is 10.9. The molecule has 0 amide bonds. The van der Waals surface area contributed by atoms with Gasteiger partial charge in [-0.1, -0.05) is 0 Å². The Morgan fingerprint density at radius 2 is 2.05 bits per heavy atom. The van der Waals surface area contributed by atoms with E-state index in [1.807, 2.05) is 0 Å². The van der Waals surface area contributed by atoms with Crippen LogP contribution in [0.4, 0.5) is 18.0 Å². The molecule has 0 aliphatic heterocycles. The van der Waals surface area contributed by atoms with Crippen molar-refractivity contribution in [3.8, 4) is 0 Å². The van der Waals surface area contributed by atoms with E-state index in [1.165, 1.54) is 0 Å². The Labute approximate surface area is 108 Å². The molecule has 0 bridgehead atoms. The van der Waals surface area contributed by atoms with Crippen molar-refractivity contribution < 1.29 is 22.7 Å². The number of nitrogens with two attached hydrogens (primary N) is 1. The molecule has 1 atom stereocenters. The minimum atomic E-state index is -4.50. The first-order valence-corrected chi connectivity index (χ1v) is 5.58. The summed E-state index contributed by atoms with van der Waals surface area (Å²) in [6.45, 7) is 4.33. The Bertz CT molecular complexity index is 449. The molecule has 1 aromatic heterocycles. The lowest BCUT2D eigenvalue weighted by Crippen LogP contribution is -2.28. The lowest BCUT2D eigenvalue weighted by atomic mass is 10.1. The maximum atomic E-state index is 12.6. The number of ether oxygens (including phenoxy) is 1. The summed E-state index contributed by atoms with van der Waals surface area (Å²) in [5.74, 6) is -1.89. The molecule has 0 aromatic carbocycles. The van der Waals surface area contributed by atoms with Crippen molar-refractivity contribution >= 4 is 6.09 Å². The van der Waals surface area contributed by atoms with Gasteiger partial charge in [-0.25, -0.2) is 14.3 Å². The van der Waals surface area contributed by atoms with Crippen LogP contribution in [-0.2, 0) is 4.74 Å². The molecular weight excluding hydrogens is 263 g/mol. The molecule has 2 N–H and O–H groups in total. The predicted octanol–water partition coefficient (Wildman–Crippen LogP) is 2.27. The van der Waals surface area contributed by atoms with E-state index in [4.69, 9.17) is 10.5 Å². The predicted molar refractivity (Wildman–Crippen MR) is 61.7 cm³/mol.